The zero-order chi connectivity index (χ0) is 19.0. The lowest BCUT2D eigenvalue weighted by Gasteiger charge is -2.31. The van der Waals surface area contributed by atoms with Gasteiger partial charge < -0.3 is 19.6 Å². The molecule has 1 fully saturated rings. The van der Waals surface area contributed by atoms with Crippen molar-refractivity contribution in [3.8, 4) is 0 Å². The van der Waals surface area contributed by atoms with Crippen molar-refractivity contribution in [3.63, 3.8) is 0 Å². The fourth-order valence-electron chi connectivity index (χ4n) is 3.42. The van der Waals surface area contributed by atoms with E-state index in [9.17, 15) is 0 Å². The van der Waals surface area contributed by atoms with E-state index in [1.165, 1.54) is 0 Å². The molecule has 0 atom stereocenters. The van der Waals surface area contributed by atoms with Crippen LogP contribution in [0.1, 0.15) is 12.8 Å². The van der Waals surface area contributed by atoms with E-state index in [4.69, 9.17) is 46.4 Å². The Kier molecular flexibility index (Phi) is 24.7. The van der Waals surface area contributed by atoms with Crippen molar-refractivity contribution in [1.82, 2.24) is 19.6 Å². The van der Waals surface area contributed by atoms with E-state index in [-0.39, 0.29) is 24.8 Å². The van der Waals surface area contributed by atoms with E-state index in [0.29, 0.717) is 23.5 Å². The maximum absolute atomic E-state index is 6.01. The van der Waals surface area contributed by atoms with Gasteiger partial charge in [0.1, 0.15) is 0 Å². The molecule has 10 heteroatoms. The van der Waals surface area contributed by atoms with E-state index in [0.717, 1.165) is 91.4 Å². The molecule has 0 aliphatic carbocycles. The van der Waals surface area contributed by atoms with Gasteiger partial charge >= 0.3 is 0 Å². The van der Waals surface area contributed by atoms with Crippen LogP contribution in [0, 0.1) is 0 Å². The summed E-state index contributed by atoms with van der Waals surface area (Å²) in [5.74, 6) is 2.76. The van der Waals surface area contributed by atoms with Gasteiger partial charge in [-0.15, -0.1) is 71.2 Å². The lowest BCUT2D eigenvalue weighted by molar-refractivity contribution is 0.169. The van der Waals surface area contributed by atoms with Gasteiger partial charge in [-0.1, -0.05) is 0 Å². The highest BCUT2D eigenvalue weighted by molar-refractivity contribution is 6.18. The summed E-state index contributed by atoms with van der Waals surface area (Å²) in [5.41, 5.74) is 0. The molecule has 0 spiro atoms. The minimum atomic E-state index is 0. The number of rotatable bonds is 8. The highest BCUT2D eigenvalue weighted by atomic mass is 35.5. The van der Waals surface area contributed by atoms with Gasteiger partial charge in [-0.25, -0.2) is 0 Å². The molecule has 0 amide bonds. The smallest absolute Gasteiger partial charge is 0.0351 e. The van der Waals surface area contributed by atoms with Crippen LogP contribution in [0.3, 0.4) is 0 Å². The monoisotopic (exact) mass is 520 g/mol. The first-order valence-corrected chi connectivity index (χ1v) is 12.0. The molecule has 28 heavy (non-hydrogen) atoms. The first-order valence-electron chi connectivity index (χ1n) is 9.86. The average Bonchev–Trinajstić information content (AvgIpc) is 2.63. The van der Waals surface area contributed by atoms with Crippen molar-refractivity contribution in [2.75, 3.05) is 102 Å². The largest absolute Gasteiger partial charge is 0.301 e. The van der Waals surface area contributed by atoms with Gasteiger partial charge in [0.2, 0.25) is 0 Å². The highest BCUT2D eigenvalue weighted by Crippen LogP contribution is 2.04. The van der Waals surface area contributed by atoms with E-state index < -0.39 is 0 Å². The minimum absolute atomic E-state index is 0. The molecule has 1 aliphatic heterocycles. The lowest BCUT2D eigenvalue weighted by atomic mass is 10.3. The van der Waals surface area contributed by atoms with Crippen LogP contribution in [0.15, 0.2) is 0 Å². The lowest BCUT2D eigenvalue weighted by Crippen LogP contribution is -2.42. The van der Waals surface area contributed by atoms with Crippen LogP contribution in [-0.2, 0) is 0 Å². The summed E-state index contributed by atoms with van der Waals surface area (Å²) in [4.78, 5) is 9.94. The number of hydrogen-bond donors (Lipinski definition) is 0. The third-order valence-corrected chi connectivity index (χ3v) is 5.64. The molecule has 0 bridgehead atoms. The molecule has 172 valence electrons. The van der Waals surface area contributed by atoms with Crippen LogP contribution < -0.4 is 0 Å². The van der Waals surface area contributed by atoms with Gasteiger partial charge in [-0.2, -0.15) is 0 Å². The zero-order valence-corrected chi connectivity index (χ0v) is 21.5. The normalized spacial score (nSPS) is 20.1. The second-order valence-corrected chi connectivity index (χ2v) is 8.34. The van der Waals surface area contributed by atoms with E-state index in [1.807, 2.05) is 0 Å². The Balaban J connectivity index is 0. The molecule has 0 aromatic rings. The molecule has 0 unspecified atom stereocenters. The third kappa shape index (κ3) is 15.4. The van der Waals surface area contributed by atoms with E-state index in [1.54, 1.807) is 0 Å². The van der Waals surface area contributed by atoms with Gasteiger partial charge in [0, 0.05) is 75.9 Å². The Labute approximate surface area is 204 Å². The summed E-state index contributed by atoms with van der Waals surface area (Å²) in [5, 5.41) is 0. The standard InChI is InChI=1S/C18H36Cl4N4.2ClH/c19-3-11-23-7-1-8-24(12-4-20)16-18-26(14-6-22)10-2-9-25(13-5-21)17-15-23;;/h1-18H2;2*1H. The zero-order valence-electron chi connectivity index (χ0n) is 16.8. The van der Waals surface area contributed by atoms with Crippen molar-refractivity contribution in [3.05, 3.63) is 0 Å². The Morgan fingerprint density at radius 2 is 0.607 bits per heavy atom. The van der Waals surface area contributed by atoms with Crippen LogP contribution in [0.4, 0.5) is 0 Å². The number of nitrogens with zero attached hydrogens (tertiary/aromatic N) is 4. The second kappa shape index (κ2) is 21.8. The topological polar surface area (TPSA) is 13.0 Å². The number of alkyl halides is 4. The quantitative estimate of drug-likeness (QED) is 0.450. The van der Waals surface area contributed by atoms with Crippen molar-refractivity contribution >= 4 is 71.2 Å². The predicted molar refractivity (Wildman–Crippen MR) is 132 cm³/mol. The Bertz CT molecular complexity index is 272. The van der Waals surface area contributed by atoms with Crippen molar-refractivity contribution < 1.29 is 0 Å². The molecule has 1 saturated heterocycles. The summed E-state index contributed by atoms with van der Waals surface area (Å²) in [7, 11) is 0. The van der Waals surface area contributed by atoms with Crippen LogP contribution in [0.5, 0.6) is 0 Å². The third-order valence-electron chi connectivity index (χ3n) is 4.97. The summed E-state index contributed by atoms with van der Waals surface area (Å²) >= 11 is 24.0. The molecule has 1 rings (SSSR count). The predicted octanol–water partition coefficient (Wildman–Crippen LogP) is 3.79. The van der Waals surface area contributed by atoms with Gasteiger partial charge in [0.25, 0.3) is 0 Å². The van der Waals surface area contributed by atoms with Crippen LogP contribution in [0.2, 0.25) is 0 Å². The van der Waals surface area contributed by atoms with E-state index in [2.05, 4.69) is 19.6 Å². The van der Waals surface area contributed by atoms with Crippen molar-refractivity contribution in [2.24, 2.45) is 0 Å². The van der Waals surface area contributed by atoms with Gasteiger partial charge in [-0.3, -0.25) is 0 Å². The maximum atomic E-state index is 6.01. The number of hydrogen-bond acceptors (Lipinski definition) is 4. The summed E-state index contributed by atoms with van der Waals surface area (Å²) < 4.78 is 0. The molecule has 0 saturated carbocycles. The molecular weight excluding hydrogens is 485 g/mol. The Morgan fingerprint density at radius 3 is 0.786 bits per heavy atom. The molecule has 0 aromatic carbocycles. The van der Waals surface area contributed by atoms with Crippen LogP contribution >= 0.6 is 71.2 Å². The molecule has 0 aromatic heterocycles. The maximum Gasteiger partial charge on any atom is 0.0351 e. The first kappa shape index (κ1) is 31.8. The van der Waals surface area contributed by atoms with Gasteiger partial charge in [-0.05, 0) is 39.0 Å². The Morgan fingerprint density at radius 1 is 0.393 bits per heavy atom. The SMILES string of the molecule is Cl.Cl.ClCCN1CCCN(CCCl)CCN(CCCl)CCCN(CCCl)CC1. The molecule has 0 radical (unpaired) electrons. The van der Waals surface area contributed by atoms with Crippen LogP contribution in [-0.4, -0.2) is 122 Å². The summed E-state index contributed by atoms with van der Waals surface area (Å²) in [6.07, 6.45) is 2.30. The molecule has 0 N–H and O–H groups in total. The molecule has 1 heterocycles. The highest BCUT2D eigenvalue weighted by Gasteiger charge is 2.14. The fourth-order valence-corrected chi connectivity index (χ4v) is 4.38. The van der Waals surface area contributed by atoms with Crippen molar-refractivity contribution in [1.29, 1.82) is 0 Å². The van der Waals surface area contributed by atoms with Crippen molar-refractivity contribution in [2.45, 2.75) is 12.8 Å². The van der Waals surface area contributed by atoms with Gasteiger partial charge in [0.05, 0.1) is 0 Å². The first-order chi connectivity index (χ1) is 12.7. The average molecular weight is 523 g/mol. The summed E-state index contributed by atoms with van der Waals surface area (Å²) in [6.45, 7) is 12.4. The van der Waals surface area contributed by atoms with E-state index >= 15 is 0 Å². The molecule has 4 nitrogen and oxygen atoms in total. The minimum Gasteiger partial charge on any atom is -0.301 e. The second-order valence-electron chi connectivity index (χ2n) is 6.83. The van der Waals surface area contributed by atoms with Crippen LogP contribution in [0.25, 0.3) is 0 Å². The molecular formula is C18H38Cl6N4. The molecule has 1 aliphatic rings. The fraction of sp³-hybridized carbons (Fsp3) is 1.00. The number of halogens is 6. The summed E-state index contributed by atoms with van der Waals surface area (Å²) in [6, 6.07) is 0. The van der Waals surface area contributed by atoms with Gasteiger partial charge in [0.15, 0.2) is 0 Å². The Hall–Kier alpha value is 1.58.